The summed E-state index contributed by atoms with van der Waals surface area (Å²) in [5.74, 6) is 1.11. The fourth-order valence-corrected chi connectivity index (χ4v) is 2.92. The zero-order chi connectivity index (χ0) is 17.4. The summed E-state index contributed by atoms with van der Waals surface area (Å²) >= 11 is 0. The molecule has 6 nitrogen and oxygen atoms in total. The average Bonchev–Trinajstić information content (AvgIpc) is 3.00. The molecule has 0 atom stereocenters. The lowest BCUT2D eigenvalue weighted by Gasteiger charge is -2.11. The molecule has 6 heteroatoms. The number of aromatic amines is 1. The van der Waals surface area contributed by atoms with Gasteiger partial charge in [-0.3, -0.25) is 5.10 Å². The number of hydrogen-bond acceptors (Lipinski definition) is 5. The lowest BCUT2D eigenvalue weighted by molar-refractivity contribution is 1.12. The Morgan fingerprint density at radius 1 is 1.04 bits per heavy atom. The largest absolute Gasteiger partial charge is 0.399 e. The van der Waals surface area contributed by atoms with Crippen LogP contribution < -0.4 is 16.8 Å². The van der Waals surface area contributed by atoms with Crippen molar-refractivity contribution in [3.05, 3.63) is 60.3 Å². The van der Waals surface area contributed by atoms with Crippen molar-refractivity contribution in [1.82, 2.24) is 15.2 Å². The van der Waals surface area contributed by atoms with Crippen LogP contribution in [-0.4, -0.2) is 15.2 Å². The number of aromatic nitrogens is 3. The van der Waals surface area contributed by atoms with Gasteiger partial charge in [-0.1, -0.05) is 30.3 Å². The predicted octanol–water partition coefficient (Wildman–Crippen LogP) is 3.84. The summed E-state index contributed by atoms with van der Waals surface area (Å²) in [5.41, 5.74) is 17.4. The average molecular weight is 330 g/mol. The van der Waals surface area contributed by atoms with E-state index in [2.05, 4.69) is 20.5 Å². The lowest BCUT2D eigenvalue weighted by Crippen LogP contribution is -1.98. The zero-order valence-electron chi connectivity index (χ0n) is 13.7. The first-order valence-electron chi connectivity index (χ1n) is 7.94. The molecule has 0 aliphatic heterocycles. The van der Waals surface area contributed by atoms with E-state index in [1.54, 1.807) is 6.20 Å². The number of hydrogen-bond donors (Lipinski definition) is 4. The highest BCUT2D eigenvalue weighted by atomic mass is 15.2. The fourth-order valence-electron chi connectivity index (χ4n) is 2.92. The van der Waals surface area contributed by atoms with Gasteiger partial charge >= 0.3 is 0 Å². The second-order valence-electron chi connectivity index (χ2n) is 5.94. The number of H-pyrrole nitrogens is 1. The molecule has 0 saturated heterocycles. The maximum Gasteiger partial charge on any atom is 0.156 e. The quantitative estimate of drug-likeness (QED) is 0.427. The van der Waals surface area contributed by atoms with E-state index in [-0.39, 0.29) is 0 Å². The van der Waals surface area contributed by atoms with Gasteiger partial charge in [0.25, 0.3) is 0 Å². The van der Waals surface area contributed by atoms with Crippen molar-refractivity contribution < 1.29 is 0 Å². The Hall–Kier alpha value is -3.54. The smallest absolute Gasteiger partial charge is 0.156 e. The lowest BCUT2D eigenvalue weighted by atomic mass is 10.0. The number of aryl methyl sites for hydroxylation is 1. The number of nitrogens with one attached hydrogen (secondary N) is 2. The van der Waals surface area contributed by atoms with E-state index in [1.165, 1.54) is 0 Å². The van der Waals surface area contributed by atoms with Gasteiger partial charge in [0, 0.05) is 23.1 Å². The Labute approximate surface area is 144 Å². The van der Waals surface area contributed by atoms with Crippen molar-refractivity contribution in [1.29, 1.82) is 0 Å². The van der Waals surface area contributed by atoms with E-state index in [4.69, 9.17) is 11.5 Å². The van der Waals surface area contributed by atoms with Gasteiger partial charge in [-0.2, -0.15) is 5.10 Å². The predicted molar refractivity (Wildman–Crippen MR) is 103 cm³/mol. The number of para-hydroxylation sites is 1. The van der Waals surface area contributed by atoms with Crippen molar-refractivity contribution in [2.45, 2.75) is 6.92 Å². The van der Waals surface area contributed by atoms with Crippen molar-refractivity contribution in [2.24, 2.45) is 0 Å². The molecule has 0 aliphatic rings. The molecule has 0 radical (unpaired) electrons. The van der Waals surface area contributed by atoms with Crippen LogP contribution in [0.2, 0.25) is 0 Å². The molecule has 124 valence electrons. The van der Waals surface area contributed by atoms with Crippen LogP contribution in [0.3, 0.4) is 0 Å². The zero-order valence-corrected chi connectivity index (χ0v) is 13.7. The third-order valence-corrected chi connectivity index (χ3v) is 4.22. The van der Waals surface area contributed by atoms with Crippen LogP contribution in [0.5, 0.6) is 0 Å². The van der Waals surface area contributed by atoms with Gasteiger partial charge in [0.2, 0.25) is 0 Å². The van der Waals surface area contributed by atoms with Gasteiger partial charge in [0.05, 0.1) is 5.39 Å². The highest BCUT2D eigenvalue weighted by Gasteiger charge is 2.15. The summed E-state index contributed by atoms with van der Waals surface area (Å²) in [6.07, 6.45) is 1.80. The molecule has 0 bridgehead atoms. The molecule has 2 aromatic heterocycles. The highest BCUT2D eigenvalue weighted by Crippen LogP contribution is 2.35. The Morgan fingerprint density at radius 3 is 2.68 bits per heavy atom. The standard InChI is InChI=1S/C19H18N6/c1-11-5-2-3-8-15(11)23-19-17-16(18(21)25-24-17)14(10-22-19)12-6-4-7-13(20)9-12/h2-10H,20H2,1H3,(H,22,23)(H3,21,24,25). The third-order valence-electron chi connectivity index (χ3n) is 4.22. The van der Waals surface area contributed by atoms with Gasteiger partial charge in [0.15, 0.2) is 11.6 Å². The maximum atomic E-state index is 6.12. The summed E-state index contributed by atoms with van der Waals surface area (Å²) in [6, 6.07) is 15.7. The first kappa shape index (κ1) is 15.0. The van der Waals surface area contributed by atoms with E-state index >= 15 is 0 Å². The van der Waals surface area contributed by atoms with Crippen LogP contribution in [0.15, 0.2) is 54.7 Å². The first-order valence-corrected chi connectivity index (χ1v) is 7.94. The number of nitrogens with two attached hydrogens (primary N) is 2. The molecule has 4 rings (SSSR count). The summed E-state index contributed by atoms with van der Waals surface area (Å²) in [7, 11) is 0. The maximum absolute atomic E-state index is 6.12. The number of pyridine rings is 1. The summed E-state index contributed by atoms with van der Waals surface area (Å²) < 4.78 is 0. The minimum atomic E-state index is 0.433. The Balaban J connectivity index is 1.87. The number of rotatable bonds is 3. The molecule has 0 aliphatic carbocycles. The second-order valence-corrected chi connectivity index (χ2v) is 5.94. The molecular weight excluding hydrogens is 312 g/mol. The van der Waals surface area contributed by atoms with Gasteiger partial charge < -0.3 is 16.8 Å². The molecule has 0 spiro atoms. The minimum Gasteiger partial charge on any atom is -0.399 e. The van der Waals surface area contributed by atoms with E-state index in [9.17, 15) is 0 Å². The van der Waals surface area contributed by atoms with E-state index in [0.717, 1.165) is 33.3 Å². The molecule has 0 amide bonds. The van der Waals surface area contributed by atoms with Crippen LogP contribution >= 0.6 is 0 Å². The monoisotopic (exact) mass is 330 g/mol. The molecule has 6 N–H and O–H groups in total. The number of anilines is 4. The van der Waals surface area contributed by atoms with Crippen LogP contribution in [-0.2, 0) is 0 Å². The molecular formula is C19H18N6. The molecule has 0 unspecified atom stereocenters. The van der Waals surface area contributed by atoms with Crippen molar-refractivity contribution in [3.8, 4) is 11.1 Å². The Kier molecular flexibility index (Phi) is 3.50. The van der Waals surface area contributed by atoms with Crippen molar-refractivity contribution in [2.75, 3.05) is 16.8 Å². The molecule has 0 fully saturated rings. The van der Waals surface area contributed by atoms with E-state index < -0.39 is 0 Å². The first-order chi connectivity index (χ1) is 12.1. The molecule has 0 saturated carbocycles. The normalized spacial score (nSPS) is 10.9. The number of benzene rings is 2. The molecule has 4 aromatic rings. The summed E-state index contributed by atoms with van der Waals surface area (Å²) in [4.78, 5) is 4.58. The van der Waals surface area contributed by atoms with Gasteiger partial charge in [0.1, 0.15) is 5.52 Å². The topological polar surface area (TPSA) is 106 Å². The van der Waals surface area contributed by atoms with Crippen LogP contribution in [0.1, 0.15) is 5.56 Å². The highest BCUT2D eigenvalue weighted by molar-refractivity contribution is 6.06. The fraction of sp³-hybridized carbons (Fsp3) is 0.0526. The SMILES string of the molecule is Cc1ccccc1Nc1ncc(-c2cccc(N)c2)c2c(N)n[nH]c12. The van der Waals surface area contributed by atoms with Crippen LogP contribution in [0.4, 0.5) is 23.0 Å². The van der Waals surface area contributed by atoms with Crippen molar-refractivity contribution >= 4 is 33.9 Å². The number of nitrogen functional groups attached to an aromatic ring is 2. The number of fused-ring (bicyclic) bond motifs is 1. The number of nitrogens with zero attached hydrogens (tertiary/aromatic N) is 2. The minimum absolute atomic E-state index is 0.433. The van der Waals surface area contributed by atoms with E-state index in [0.29, 0.717) is 17.3 Å². The summed E-state index contributed by atoms with van der Waals surface area (Å²) in [5, 5.41) is 11.3. The van der Waals surface area contributed by atoms with Crippen LogP contribution in [0, 0.1) is 6.92 Å². The molecule has 25 heavy (non-hydrogen) atoms. The Bertz CT molecular complexity index is 1070. The summed E-state index contributed by atoms with van der Waals surface area (Å²) in [6.45, 7) is 2.04. The Morgan fingerprint density at radius 2 is 1.88 bits per heavy atom. The van der Waals surface area contributed by atoms with Gasteiger partial charge in [-0.25, -0.2) is 4.98 Å². The van der Waals surface area contributed by atoms with Gasteiger partial charge in [-0.15, -0.1) is 0 Å². The third kappa shape index (κ3) is 2.63. The second kappa shape index (κ2) is 5.83. The van der Waals surface area contributed by atoms with E-state index in [1.807, 2.05) is 55.5 Å². The van der Waals surface area contributed by atoms with Crippen molar-refractivity contribution in [3.63, 3.8) is 0 Å². The van der Waals surface area contributed by atoms with Gasteiger partial charge in [-0.05, 0) is 36.2 Å². The molecule has 2 aromatic carbocycles. The molecule has 2 heterocycles. The van der Waals surface area contributed by atoms with Crippen LogP contribution in [0.25, 0.3) is 22.0 Å².